The largest absolute Gasteiger partial charge is 0.478 e. The van der Waals surface area contributed by atoms with Crippen molar-refractivity contribution < 1.29 is 64.7 Å². The molecule has 0 spiro atoms. The molecule has 0 saturated carbocycles. The average Bonchev–Trinajstić information content (AvgIpc) is 3.55. The highest BCUT2D eigenvalue weighted by Gasteiger charge is 2.16. The summed E-state index contributed by atoms with van der Waals surface area (Å²) in [6.07, 6.45) is 7.05. The Morgan fingerprint density at radius 3 is 1.98 bits per heavy atom. The van der Waals surface area contributed by atoms with Crippen LogP contribution in [0.15, 0.2) is 73.2 Å². The number of carboxylic acid groups (broad SMARTS) is 1. The molecular formula is C33H59Cl2N5O12. The van der Waals surface area contributed by atoms with Gasteiger partial charge in [-0.3, -0.25) is 0 Å². The van der Waals surface area contributed by atoms with Crippen LogP contribution < -0.4 is 0 Å². The third kappa shape index (κ3) is 14.9. The van der Waals surface area contributed by atoms with Gasteiger partial charge in [0.05, 0.1) is 28.6 Å². The van der Waals surface area contributed by atoms with E-state index in [2.05, 4.69) is 72.4 Å². The number of hydrogen-bond donors (Lipinski definition) is 1. The monoisotopic (exact) mass is 787 g/mol. The lowest BCUT2D eigenvalue weighted by Gasteiger charge is -2.12. The first-order valence-electron chi connectivity index (χ1n) is 13.9. The lowest BCUT2D eigenvalue weighted by atomic mass is 9.98. The smallest absolute Gasteiger partial charge is 0.336 e. The van der Waals surface area contributed by atoms with E-state index in [1.54, 1.807) is 12.1 Å². The molecule has 0 aliphatic rings. The van der Waals surface area contributed by atoms with Crippen LogP contribution in [0.4, 0.5) is 0 Å². The highest BCUT2D eigenvalue weighted by Crippen LogP contribution is 2.29. The molecule has 0 radical (unpaired) electrons. The van der Waals surface area contributed by atoms with E-state index < -0.39 is 5.97 Å². The maximum atomic E-state index is 11.7. The van der Waals surface area contributed by atoms with Gasteiger partial charge in [-0.2, -0.15) is 0 Å². The predicted octanol–water partition coefficient (Wildman–Crippen LogP) is -0.877. The lowest BCUT2D eigenvalue weighted by molar-refractivity contribution is 0.0697. The average molecular weight is 789 g/mol. The Labute approximate surface area is 314 Å². The highest BCUT2D eigenvalue weighted by atomic mass is 35.5. The molecule has 0 aliphatic heterocycles. The Bertz CT molecular complexity index is 1670. The third-order valence-corrected chi connectivity index (χ3v) is 7.31. The number of aromatic carboxylic acids is 1. The van der Waals surface area contributed by atoms with Crippen LogP contribution >= 0.6 is 24.8 Å². The number of carbonyl (C=O) groups is 1. The van der Waals surface area contributed by atoms with Crippen LogP contribution in [-0.4, -0.2) is 110 Å². The molecular weight excluding hydrogens is 729 g/mol. The Morgan fingerprint density at radius 1 is 0.827 bits per heavy atom. The molecule has 52 heavy (non-hydrogen) atoms. The van der Waals surface area contributed by atoms with Crippen LogP contribution in [0.1, 0.15) is 47.1 Å². The summed E-state index contributed by atoms with van der Waals surface area (Å²) in [4.78, 5) is 23.7. The topological polar surface area (TPSA) is 391 Å². The molecule has 19 heteroatoms. The summed E-state index contributed by atoms with van der Waals surface area (Å²) in [6.45, 7) is 6.98. The second-order valence-electron chi connectivity index (χ2n) is 10.7. The zero-order chi connectivity index (χ0) is 28.2. The number of aryl methyl sites for hydroxylation is 3. The van der Waals surface area contributed by atoms with E-state index in [4.69, 9.17) is 9.97 Å². The van der Waals surface area contributed by atoms with Gasteiger partial charge in [0, 0.05) is 31.3 Å². The van der Waals surface area contributed by atoms with Crippen molar-refractivity contribution in [1.82, 2.24) is 24.0 Å². The highest BCUT2D eigenvalue weighted by molar-refractivity contribution is 5.96. The van der Waals surface area contributed by atoms with Gasteiger partial charge in [-0.1, -0.05) is 49.4 Å². The summed E-state index contributed by atoms with van der Waals surface area (Å²) in [5.74, 6) is 0.158. The van der Waals surface area contributed by atoms with Gasteiger partial charge < -0.3 is 73.9 Å². The van der Waals surface area contributed by atoms with Gasteiger partial charge in [0.1, 0.15) is 5.82 Å². The molecule has 0 unspecified atom stereocenters. The molecule has 17 nitrogen and oxygen atoms in total. The number of benzene rings is 3. The van der Waals surface area contributed by atoms with E-state index >= 15 is 0 Å². The molecule has 21 N–H and O–H groups in total. The Kier molecular flexibility index (Phi) is 37.6. The fourth-order valence-corrected chi connectivity index (χ4v) is 5.27. The van der Waals surface area contributed by atoms with Gasteiger partial charge in [0.2, 0.25) is 0 Å². The molecule has 0 amide bonds. The number of rotatable bonds is 11. The molecule has 2 heterocycles. The summed E-state index contributed by atoms with van der Waals surface area (Å²) in [7, 11) is 4.19. The Balaban J connectivity index is -0.000000269. The van der Waals surface area contributed by atoms with Crippen molar-refractivity contribution in [3.8, 4) is 22.4 Å². The predicted molar refractivity (Wildman–Crippen MR) is 211 cm³/mol. The number of carboxylic acids is 1. The van der Waals surface area contributed by atoms with Crippen LogP contribution in [0.3, 0.4) is 0 Å². The Morgan fingerprint density at radius 2 is 1.42 bits per heavy atom. The fourth-order valence-electron chi connectivity index (χ4n) is 5.27. The first-order chi connectivity index (χ1) is 19.3. The van der Waals surface area contributed by atoms with Crippen molar-refractivity contribution in [1.29, 1.82) is 0 Å². The van der Waals surface area contributed by atoms with Crippen molar-refractivity contribution in [2.24, 2.45) is 0 Å². The number of hydrogen-bond acceptors (Lipinski definition) is 4. The SMILES string of the molecule is CCCc1nc2c(C)cc(-c3cn(CCCN(C)C)cn3)cc2n1Cc1ccc(-c2ccccc2C(=O)O)cc1.Cl.Cl.O.O.O.O.O.O.O.O.O.O. The van der Waals surface area contributed by atoms with Crippen molar-refractivity contribution in [3.63, 3.8) is 0 Å². The van der Waals surface area contributed by atoms with Crippen molar-refractivity contribution in [3.05, 3.63) is 95.7 Å². The zero-order valence-corrected chi connectivity index (χ0v) is 31.2. The number of halogens is 2. The van der Waals surface area contributed by atoms with E-state index in [1.807, 2.05) is 30.6 Å². The van der Waals surface area contributed by atoms with Gasteiger partial charge in [0.25, 0.3) is 0 Å². The number of imidazole rings is 2. The van der Waals surface area contributed by atoms with Crippen LogP contribution in [0, 0.1) is 6.92 Å². The van der Waals surface area contributed by atoms with E-state index in [0.29, 0.717) is 12.1 Å². The molecule has 0 saturated heterocycles. The van der Waals surface area contributed by atoms with E-state index in [0.717, 1.165) is 82.7 Å². The maximum Gasteiger partial charge on any atom is 0.336 e. The molecule has 5 rings (SSSR count). The van der Waals surface area contributed by atoms with E-state index in [1.165, 1.54) is 0 Å². The van der Waals surface area contributed by atoms with E-state index in [-0.39, 0.29) is 79.6 Å². The standard InChI is InChI=1S/C33H37N5O2.2ClH.10H2O/c1-5-9-31-35-32-23(2)18-26(29-21-37(22-34-29)17-8-16-36(3)4)19-30(32)38(31)20-24-12-14-25(15-13-24)27-10-6-7-11-28(27)33(39)40;;;;;;;;;;;;/h6-7,10-15,18-19,21-22H,5,8-9,16-17,20H2,1-4H3,(H,39,40);2*1H;10*1H2. The summed E-state index contributed by atoms with van der Waals surface area (Å²) >= 11 is 0. The second kappa shape index (κ2) is 29.5. The van der Waals surface area contributed by atoms with Gasteiger partial charge in [-0.15, -0.1) is 24.8 Å². The summed E-state index contributed by atoms with van der Waals surface area (Å²) in [6, 6.07) is 19.7. The van der Waals surface area contributed by atoms with Gasteiger partial charge in [-0.25, -0.2) is 14.8 Å². The zero-order valence-electron chi connectivity index (χ0n) is 29.6. The molecule has 0 bridgehead atoms. The fraction of sp³-hybridized carbons (Fsp3) is 0.303. The van der Waals surface area contributed by atoms with Crippen LogP contribution in [0.25, 0.3) is 33.4 Å². The van der Waals surface area contributed by atoms with Crippen molar-refractivity contribution >= 4 is 41.8 Å². The quantitative estimate of drug-likeness (QED) is 0.178. The molecule has 302 valence electrons. The van der Waals surface area contributed by atoms with Crippen molar-refractivity contribution in [2.45, 2.75) is 46.2 Å². The Hall–Kier alpha value is -4.05. The molecule has 5 aromatic rings. The van der Waals surface area contributed by atoms with Crippen molar-refractivity contribution in [2.75, 3.05) is 20.6 Å². The third-order valence-electron chi connectivity index (χ3n) is 7.31. The first-order valence-corrected chi connectivity index (χ1v) is 13.9. The first kappa shape index (κ1) is 66.2. The minimum atomic E-state index is -0.918. The normalized spacial score (nSPS) is 8.87. The van der Waals surface area contributed by atoms with Crippen LogP contribution in [0.2, 0.25) is 0 Å². The maximum absolute atomic E-state index is 11.7. The number of nitrogens with zero attached hydrogens (tertiary/aromatic N) is 5. The lowest BCUT2D eigenvalue weighted by Crippen LogP contribution is -2.14. The number of aromatic nitrogens is 4. The molecule has 0 fully saturated rings. The summed E-state index contributed by atoms with van der Waals surface area (Å²) in [5.41, 5.74) is 8.43. The molecule has 0 atom stereocenters. The van der Waals surface area contributed by atoms with E-state index in [9.17, 15) is 9.90 Å². The molecule has 3 aromatic carbocycles. The summed E-state index contributed by atoms with van der Waals surface area (Å²) < 4.78 is 4.49. The molecule has 2 aromatic heterocycles. The molecule has 0 aliphatic carbocycles. The number of fused-ring (bicyclic) bond motifs is 1. The second-order valence-corrected chi connectivity index (χ2v) is 10.7. The van der Waals surface area contributed by atoms with Crippen LogP contribution in [0.5, 0.6) is 0 Å². The minimum Gasteiger partial charge on any atom is -0.478 e. The summed E-state index contributed by atoms with van der Waals surface area (Å²) in [5, 5.41) is 9.60. The van der Waals surface area contributed by atoms with Gasteiger partial charge in [-0.05, 0) is 80.9 Å². The minimum absolute atomic E-state index is 0. The van der Waals surface area contributed by atoms with Crippen LogP contribution in [-0.2, 0) is 19.5 Å². The van der Waals surface area contributed by atoms with Gasteiger partial charge >= 0.3 is 5.97 Å². The van der Waals surface area contributed by atoms with Gasteiger partial charge in [0.15, 0.2) is 0 Å².